The Morgan fingerprint density at radius 1 is 1.16 bits per heavy atom. The Hall–Kier alpha value is -1.31. The predicted octanol–water partition coefficient (Wildman–Crippen LogP) is 4.20. The first-order valence-electron chi connectivity index (χ1n) is 7.73. The fourth-order valence-corrected chi connectivity index (χ4v) is 3.42. The monoisotopic (exact) mass is 257 g/mol. The first-order chi connectivity index (χ1) is 9.33. The third-order valence-electron chi connectivity index (χ3n) is 4.56. The van der Waals surface area contributed by atoms with Gasteiger partial charge in [-0.3, -0.25) is 4.79 Å². The highest BCUT2D eigenvalue weighted by molar-refractivity contribution is 5.96. The van der Waals surface area contributed by atoms with Crippen molar-refractivity contribution in [1.29, 1.82) is 0 Å². The number of hydrogen-bond donors (Lipinski definition) is 1. The maximum absolute atomic E-state index is 12.4. The molecule has 1 saturated carbocycles. The normalized spacial score (nSPS) is 19.6. The molecule has 0 unspecified atom stereocenters. The number of hydrogen-bond acceptors (Lipinski definition) is 2. The number of carbonyl (C=O) groups excluding carboxylic acids is 1. The van der Waals surface area contributed by atoms with Crippen molar-refractivity contribution in [3.05, 3.63) is 29.3 Å². The van der Waals surface area contributed by atoms with Gasteiger partial charge in [0.15, 0.2) is 5.78 Å². The van der Waals surface area contributed by atoms with Gasteiger partial charge in [-0.1, -0.05) is 32.1 Å². The van der Waals surface area contributed by atoms with Crippen LogP contribution >= 0.6 is 0 Å². The van der Waals surface area contributed by atoms with Crippen molar-refractivity contribution in [2.75, 3.05) is 11.9 Å². The van der Waals surface area contributed by atoms with Gasteiger partial charge in [-0.05, 0) is 42.5 Å². The standard InChI is InChI=1S/C17H23NO/c19-17(11-13-5-2-1-3-6-13)15-8-9-16-14(12-15)7-4-10-18-16/h8-9,12-13,18H,1-7,10-11H2. The van der Waals surface area contributed by atoms with Crippen molar-refractivity contribution in [3.63, 3.8) is 0 Å². The average molecular weight is 257 g/mol. The molecule has 3 rings (SSSR count). The summed E-state index contributed by atoms with van der Waals surface area (Å²) in [7, 11) is 0. The smallest absolute Gasteiger partial charge is 0.163 e. The van der Waals surface area contributed by atoms with Crippen LogP contribution in [0.15, 0.2) is 18.2 Å². The van der Waals surface area contributed by atoms with Crippen LogP contribution in [0.25, 0.3) is 0 Å². The molecule has 0 bridgehead atoms. The number of Topliss-reactive ketones (excluding diaryl/α,β-unsaturated/α-hetero) is 1. The molecule has 0 aromatic heterocycles. The summed E-state index contributed by atoms with van der Waals surface area (Å²) >= 11 is 0. The van der Waals surface area contributed by atoms with Gasteiger partial charge in [0.2, 0.25) is 0 Å². The highest BCUT2D eigenvalue weighted by atomic mass is 16.1. The van der Waals surface area contributed by atoms with Crippen LogP contribution in [0.4, 0.5) is 5.69 Å². The van der Waals surface area contributed by atoms with Crippen LogP contribution < -0.4 is 5.32 Å². The first kappa shape index (κ1) is 12.7. The average Bonchev–Trinajstić information content (AvgIpc) is 2.48. The maximum atomic E-state index is 12.4. The van der Waals surface area contributed by atoms with E-state index in [0.717, 1.165) is 24.9 Å². The lowest BCUT2D eigenvalue weighted by Gasteiger charge is -2.21. The van der Waals surface area contributed by atoms with Gasteiger partial charge in [0.25, 0.3) is 0 Å². The van der Waals surface area contributed by atoms with Crippen LogP contribution in [-0.4, -0.2) is 12.3 Å². The van der Waals surface area contributed by atoms with Crippen molar-refractivity contribution in [3.8, 4) is 0 Å². The molecule has 1 aromatic carbocycles. The molecular weight excluding hydrogens is 234 g/mol. The zero-order valence-electron chi connectivity index (χ0n) is 11.6. The molecule has 2 heteroatoms. The van der Waals surface area contributed by atoms with E-state index < -0.39 is 0 Å². The van der Waals surface area contributed by atoms with Gasteiger partial charge in [-0.2, -0.15) is 0 Å². The lowest BCUT2D eigenvalue weighted by molar-refractivity contribution is 0.0950. The van der Waals surface area contributed by atoms with Gasteiger partial charge in [-0.15, -0.1) is 0 Å². The van der Waals surface area contributed by atoms with E-state index in [1.165, 1.54) is 49.8 Å². The number of ketones is 1. The second-order valence-corrected chi connectivity index (χ2v) is 6.03. The minimum atomic E-state index is 0.347. The molecule has 1 aliphatic carbocycles. The van der Waals surface area contributed by atoms with Crippen molar-refractivity contribution >= 4 is 11.5 Å². The number of nitrogens with one attached hydrogen (secondary N) is 1. The summed E-state index contributed by atoms with van der Waals surface area (Å²) in [5, 5.41) is 3.40. The number of rotatable bonds is 3. The van der Waals surface area contributed by atoms with Crippen molar-refractivity contribution in [1.82, 2.24) is 0 Å². The summed E-state index contributed by atoms with van der Waals surface area (Å²) in [4.78, 5) is 12.4. The highest BCUT2D eigenvalue weighted by Crippen LogP contribution is 2.29. The second kappa shape index (κ2) is 5.77. The largest absolute Gasteiger partial charge is 0.385 e. The summed E-state index contributed by atoms with van der Waals surface area (Å²) in [5.41, 5.74) is 3.47. The lowest BCUT2D eigenvalue weighted by Crippen LogP contribution is -2.15. The van der Waals surface area contributed by atoms with Crippen LogP contribution in [0.5, 0.6) is 0 Å². The molecule has 1 heterocycles. The van der Waals surface area contributed by atoms with Crippen LogP contribution in [0.2, 0.25) is 0 Å². The molecule has 2 nitrogen and oxygen atoms in total. The Morgan fingerprint density at radius 3 is 2.84 bits per heavy atom. The fraction of sp³-hybridized carbons (Fsp3) is 0.588. The summed E-state index contributed by atoms with van der Waals surface area (Å²) < 4.78 is 0. The van der Waals surface area contributed by atoms with E-state index in [1.807, 2.05) is 6.07 Å². The quantitative estimate of drug-likeness (QED) is 0.822. The Labute approximate surface area is 115 Å². The van der Waals surface area contributed by atoms with E-state index in [1.54, 1.807) is 0 Å². The Kier molecular flexibility index (Phi) is 3.86. The van der Waals surface area contributed by atoms with E-state index >= 15 is 0 Å². The molecule has 1 fully saturated rings. The van der Waals surface area contributed by atoms with Crippen molar-refractivity contribution in [2.45, 2.75) is 51.4 Å². The fourth-order valence-electron chi connectivity index (χ4n) is 3.42. The molecule has 0 amide bonds. The third kappa shape index (κ3) is 2.99. The van der Waals surface area contributed by atoms with Crippen LogP contribution in [0.3, 0.4) is 0 Å². The second-order valence-electron chi connectivity index (χ2n) is 6.03. The predicted molar refractivity (Wildman–Crippen MR) is 78.8 cm³/mol. The van der Waals surface area contributed by atoms with E-state index in [0.29, 0.717) is 11.7 Å². The van der Waals surface area contributed by atoms with Crippen LogP contribution in [0, 0.1) is 5.92 Å². The topological polar surface area (TPSA) is 29.1 Å². The van der Waals surface area contributed by atoms with Crippen LogP contribution in [0.1, 0.15) is 60.9 Å². The van der Waals surface area contributed by atoms with Gasteiger partial charge in [0.05, 0.1) is 0 Å². The summed E-state index contributed by atoms with van der Waals surface area (Å²) in [6.07, 6.45) is 9.51. The SMILES string of the molecule is O=C(CC1CCCCC1)c1ccc2c(c1)CCCN2. The molecule has 0 spiro atoms. The third-order valence-corrected chi connectivity index (χ3v) is 4.56. The minimum Gasteiger partial charge on any atom is -0.385 e. The van der Waals surface area contributed by atoms with Crippen molar-refractivity contribution in [2.24, 2.45) is 5.92 Å². The van der Waals surface area contributed by atoms with Gasteiger partial charge in [-0.25, -0.2) is 0 Å². The van der Waals surface area contributed by atoms with Crippen molar-refractivity contribution < 1.29 is 4.79 Å². The van der Waals surface area contributed by atoms with Gasteiger partial charge in [0, 0.05) is 24.2 Å². The number of carbonyl (C=O) groups is 1. The van der Waals surface area contributed by atoms with Gasteiger partial charge < -0.3 is 5.32 Å². The molecule has 1 aliphatic heterocycles. The van der Waals surface area contributed by atoms with Crippen LogP contribution in [-0.2, 0) is 6.42 Å². The molecular formula is C17H23NO. The minimum absolute atomic E-state index is 0.347. The van der Waals surface area contributed by atoms with E-state index in [-0.39, 0.29) is 0 Å². The highest BCUT2D eigenvalue weighted by Gasteiger charge is 2.19. The summed E-state index contributed by atoms with van der Waals surface area (Å²) in [6, 6.07) is 6.21. The molecule has 0 saturated heterocycles. The Bertz CT molecular complexity index is 460. The van der Waals surface area contributed by atoms with E-state index in [9.17, 15) is 4.79 Å². The Balaban J connectivity index is 1.69. The number of aryl methyl sites for hydroxylation is 1. The zero-order chi connectivity index (χ0) is 13.1. The molecule has 102 valence electrons. The first-order valence-corrected chi connectivity index (χ1v) is 7.73. The molecule has 0 radical (unpaired) electrons. The summed E-state index contributed by atoms with van der Waals surface area (Å²) in [5.74, 6) is 0.982. The number of benzene rings is 1. The number of fused-ring (bicyclic) bond motifs is 1. The molecule has 1 aromatic rings. The molecule has 19 heavy (non-hydrogen) atoms. The zero-order valence-corrected chi connectivity index (χ0v) is 11.6. The Morgan fingerprint density at radius 2 is 2.00 bits per heavy atom. The molecule has 0 atom stereocenters. The maximum Gasteiger partial charge on any atom is 0.163 e. The summed E-state index contributed by atoms with van der Waals surface area (Å²) in [6.45, 7) is 1.06. The van der Waals surface area contributed by atoms with Gasteiger partial charge >= 0.3 is 0 Å². The molecule has 1 N–H and O–H groups in total. The van der Waals surface area contributed by atoms with E-state index in [2.05, 4.69) is 17.4 Å². The van der Waals surface area contributed by atoms with E-state index in [4.69, 9.17) is 0 Å². The number of anilines is 1. The van der Waals surface area contributed by atoms with Gasteiger partial charge in [0.1, 0.15) is 0 Å². The molecule has 2 aliphatic rings. The lowest BCUT2D eigenvalue weighted by atomic mass is 9.84.